The van der Waals surface area contributed by atoms with Gasteiger partial charge in [0.1, 0.15) is 5.69 Å². The lowest BCUT2D eigenvalue weighted by atomic mass is 10.0. The monoisotopic (exact) mass is 382 g/mol. The summed E-state index contributed by atoms with van der Waals surface area (Å²) < 4.78 is 1.72. The van der Waals surface area contributed by atoms with Gasteiger partial charge in [-0.05, 0) is 31.4 Å². The molecule has 0 N–H and O–H groups in total. The SMILES string of the molecule is Cc1ccc(C(=O)N2CCN([C@H]3CCCN(c4cnn(C)c4)C3=O)CC2)nc1. The first-order valence-electron chi connectivity index (χ1n) is 9.79. The zero-order valence-electron chi connectivity index (χ0n) is 16.4. The predicted octanol–water partition coefficient (Wildman–Crippen LogP) is 1.08. The van der Waals surface area contributed by atoms with Crippen LogP contribution in [-0.2, 0) is 11.8 Å². The van der Waals surface area contributed by atoms with Crippen LogP contribution in [0.25, 0.3) is 0 Å². The van der Waals surface area contributed by atoms with Gasteiger partial charge >= 0.3 is 0 Å². The molecular formula is C20H26N6O2. The smallest absolute Gasteiger partial charge is 0.272 e. The van der Waals surface area contributed by atoms with E-state index in [1.807, 2.05) is 36.0 Å². The molecule has 1 atom stereocenters. The van der Waals surface area contributed by atoms with Gasteiger partial charge in [0.2, 0.25) is 5.91 Å². The third-order valence-electron chi connectivity index (χ3n) is 5.59. The highest BCUT2D eigenvalue weighted by atomic mass is 16.2. The molecule has 2 amide bonds. The van der Waals surface area contributed by atoms with Crippen LogP contribution in [0.1, 0.15) is 28.9 Å². The van der Waals surface area contributed by atoms with E-state index in [0.717, 1.165) is 30.6 Å². The number of carbonyl (C=O) groups is 2. The van der Waals surface area contributed by atoms with E-state index in [9.17, 15) is 9.59 Å². The molecule has 4 heterocycles. The van der Waals surface area contributed by atoms with E-state index in [-0.39, 0.29) is 17.9 Å². The van der Waals surface area contributed by atoms with Crippen LogP contribution < -0.4 is 4.90 Å². The molecule has 28 heavy (non-hydrogen) atoms. The molecule has 2 saturated heterocycles. The second-order valence-electron chi connectivity index (χ2n) is 7.57. The summed E-state index contributed by atoms with van der Waals surface area (Å²) in [6, 6.07) is 3.56. The zero-order valence-corrected chi connectivity index (χ0v) is 16.4. The summed E-state index contributed by atoms with van der Waals surface area (Å²) in [6.07, 6.45) is 7.18. The normalized spacial score (nSPS) is 21.2. The largest absolute Gasteiger partial charge is 0.335 e. The maximum atomic E-state index is 13.1. The molecule has 2 aromatic heterocycles. The second-order valence-corrected chi connectivity index (χ2v) is 7.57. The second kappa shape index (κ2) is 7.71. The van der Waals surface area contributed by atoms with Gasteiger partial charge < -0.3 is 9.80 Å². The molecule has 148 valence electrons. The number of aryl methyl sites for hydroxylation is 2. The summed E-state index contributed by atoms with van der Waals surface area (Å²) in [5, 5.41) is 4.19. The molecule has 0 bridgehead atoms. The van der Waals surface area contributed by atoms with Crippen LogP contribution in [0, 0.1) is 6.92 Å². The van der Waals surface area contributed by atoms with E-state index in [0.29, 0.717) is 31.9 Å². The van der Waals surface area contributed by atoms with Crippen molar-refractivity contribution < 1.29 is 9.59 Å². The topological polar surface area (TPSA) is 74.6 Å². The van der Waals surface area contributed by atoms with Gasteiger partial charge in [-0.25, -0.2) is 0 Å². The number of piperazine rings is 1. The quantitative estimate of drug-likeness (QED) is 0.794. The standard InChI is InChI=1S/C20H26N6O2/c1-15-5-6-17(21-12-15)19(27)25-10-8-24(9-11-25)18-4-3-7-26(20(18)28)16-13-22-23(2)14-16/h5-6,12-14,18H,3-4,7-11H2,1-2H3/t18-/m0/s1. The lowest BCUT2D eigenvalue weighted by molar-refractivity contribution is -0.126. The summed E-state index contributed by atoms with van der Waals surface area (Å²) in [5.74, 6) is 0.103. The molecule has 0 aliphatic carbocycles. The highest BCUT2D eigenvalue weighted by molar-refractivity contribution is 5.97. The molecule has 2 aliphatic rings. The number of amides is 2. The van der Waals surface area contributed by atoms with Gasteiger partial charge in [0.15, 0.2) is 0 Å². The summed E-state index contributed by atoms with van der Waals surface area (Å²) in [7, 11) is 1.86. The summed E-state index contributed by atoms with van der Waals surface area (Å²) in [6.45, 7) is 5.33. The Balaban J connectivity index is 1.38. The van der Waals surface area contributed by atoms with Crippen molar-refractivity contribution in [2.45, 2.75) is 25.8 Å². The Labute approximate surface area is 164 Å². The van der Waals surface area contributed by atoms with Crippen LogP contribution >= 0.6 is 0 Å². The van der Waals surface area contributed by atoms with E-state index in [2.05, 4.69) is 15.0 Å². The highest BCUT2D eigenvalue weighted by Gasteiger charge is 2.36. The zero-order chi connectivity index (χ0) is 19.7. The van der Waals surface area contributed by atoms with Gasteiger partial charge in [0.25, 0.3) is 5.91 Å². The first kappa shape index (κ1) is 18.6. The molecular weight excluding hydrogens is 356 g/mol. The average molecular weight is 382 g/mol. The number of pyridine rings is 1. The molecule has 2 aliphatic heterocycles. The number of nitrogens with zero attached hydrogens (tertiary/aromatic N) is 6. The lowest BCUT2D eigenvalue weighted by Gasteiger charge is -2.42. The van der Waals surface area contributed by atoms with Gasteiger partial charge in [-0.3, -0.25) is 24.2 Å². The Morgan fingerprint density at radius 1 is 1.11 bits per heavy atom. The number of aromatic nitrogens is 3. The Kier molecular flexibility index (Phi) is 5.13. The highest BCUT2D eigenvalue weighted by Crippen LogP contribution is 2.24. The van der Waals surface area contributed by atoms with Gasteiger partial charge in [-0.2, -0.15) is 5.10 Å². The van der Waals surface area contributed by atoms with Crippen molar-refractivity contribution >= 4 is 17.5 Å². The fourth-order valence-electron chi connectivity index (χ4n) is 3.99. The third-order valence-corrected chi connectivity index (χ3v) is 5.59. The fraction of sp³-hybridized carbons (Fsp3) is 0.500. The Hall–Kier alpha value is -2.74. The van der Waals surface area contributed by atoms with E-state index in [4.69, 9.17) is 0 Å². The predicted molar refractivity (Wildman–Crippen MR) is 105 cm³/mol. The van der Waals surface area contributed by atoms with Crippen LogP contribution in [0.4, 0.5) is 5.69 Å². The van der Waals surface area contributed by atoms with Crippen molar-refractivity contribution in [2.24, 2.45) is 7.05 Å². The molecule has 0 radical (unpaired) electrons. The maximum absolute atomic E-state index is 13.1. The summed E-state index contributed by atoms with van der Waals surface area (Å²) in [5.41, 5.74) is 2.38. The molecule has 8 heteroatoms. The first-order chi connectivity index (χ1) is 13.5. The van der Waals surface area contributed by atoms with Crippen LogP contribution in [0.5, 0.6) is 0 Å². The van der Waals surface area contributed by atoms with Crippen LogP contribution in [-0.4, -0.2) is 75.1 Å². The van der Waals surface area contributed by atoms with Gasteiger partial charge in [0.05, 0.1) is 17.9 Å². The maximum Gasteiger partial charge on any atom is 0.272 e. The minimum absolute atomic E-state index is 0.0355. The van der Waals surface area contributed by atoms with Crippen LogP contribution in [0.15, 0.2) is 30.7 Å². The van der Waals surface area contributed by atoms with Crippen molar-refractivity contribution in [1.82, 2.24) is 24.6 Å². The summed E-state index contributed by atoms with van der Waals surface area (Å²) in [4.78, 5) is 35.9. The number of carbonyl (C=O) groups excluding carboxylic acids is 2. The van der Waals surface area contributed by atoms with E-state index in [1.165, 1.54) is 0 Å². The van der Waals surface area contributed by atoms with E-state index < -0.39 is 0 Å². The van der Waals surface area contributed by atoms with Crippen molar-refractivity contribution in [1.29, 1.82) is 0 Å². The van der Waals surface area contributed by atoms with Crippen molar-refractivity contribution in [3.8, 4) is 0 Å². The van der Waals surface area contributed by atoms with Crippen LogP contribution in [0.3, 0.4) is 0 Å². The van der Waals surface area contributed by atoms with Crippen molar-refractivity contribution in [3.05, 3.63) is 42.0 Å². The van der Waals surface area contributed by atoms with Gasteiger partial charge in [0, 0.05) is 52.2 Å². The number of piperidine rings is 1. The summed E-state index contributed by atoms with van der Waals surface area (Å²) >= 11 is 0. The molecule has 4 rings (SSSR count). The average Bonchev–Trinajstić information content (AvgIpc) is 3.14. The minimum Gasteiger partial charge on any atom is -0.335 e. The van der Waals surface area contributed by atoms with E-state index >= 15 is 0 Å². The molecule has 2 aromatic rings. The molecule has 0 spiro atoms. The van der Waals surface area contributed by atoms with Crippen molar-refractivity contribution in [3.63, 3.8) is 0 Å². The Morgan fingerprint density at radius 2 is 1.89 bits per heavy atom. The number of hydrogen-bond acceptors (Lipinski definition) is 5. The Bertz CT molecular complexity index is 854. The fourth-order valence-corrected chi connectivity index (χ4v) is 3.99. The molecule has 2 fully saturated rings. The third kappa shape index (κ3) is 3.64. The van der Waals surface area contributed by atoms with Gasteiger partial charge in [-0.1, -0.05) is 6.07 Å². The lowest BCUT2D eigenvalue weighted by Crippen LogP contribution is -2.58. The number of hydrogen-bond donors (Lipinski definition) is 0. The minimum atomic E-state index is -0.122. The molecule has 0 saturated carbocycles. The number of anilines is 1. The van der Waals surface area contributed by atoms with E-state index in [1.54, 1.807) is 23.1 Å². The molecule has 8 nitrogen and oxygen atoms in total. The molecule has 0 unspecified atom stereocenters. The van der Waals surface area contributed by atoms with Crippen LogP contribution in [0.2, 0.25) is 0 Å². The van der Waals surface area contributed by atoms with Gasteiger partial charge in [-0.15, -0.1) is 0 Å². The number of rotatable bonds is 3. The van der Waals surface area contributed by atoms with Crippen molar-refractivity contribution in [2.75, 3.05) is 37.6 Å². The molecule has 0 aromatic carbocycles. The first-order valence-corrected chi connectivity index (χ1v) is 9.79. The Morgan fingerprint density at radius 3 is 2.54 bits per heavy atom.